The molecule has 3 rings (SSSR count). The summed E-state index contributed by atoms with van der Waals surface area (Å²) < 4.78 is 0. The Morgan fingerprint density at radius 3 is 2.44 bits per heavy atom. The van der Waals surface area contributed by atoms with Gasteiger partial charge in [0, 0.05) is 0 Å². The lowest BCUT2D eigenvalue weighted by atomic mass is 9.85. The number of nitrogens with zero attached hydrogens (tertiary/aromatic N) is 1. The molecular weight excluding hydrogens is 194 g/mol. The van der Waals surface area contributed by atoms with Gasteiger partial charge in [-0.3, -0.25) is 0 Å². The van der Waals surface area contributed by atoms with Crippen LogP contribution >= 0.6 is 0 Å². The molecule has 0 N–H and O–H groups in total. The van der Waals surface area contributed by atoms with Crippen LogP contribution in [0.3, 0.4) is 0 Å². The van der Waals surface area contributed by atoms with Gasteiger partial charge in [-0.05, 0) is 47.2 Å². The van der Waals surface area contributed by atoms with Crippen LogP contribution in [0.2, 0.25) is 0 Å². The molecule has 0 amide bonds. The van der Waals surface area contributed by atoms with Crippen molar-refractivity contribution in [1.82, 2.24) is 0 Å². The van der Waals surface area contributed by atoms with Crippen molar-refractivity contribution in [2.45, 2.75) is 12.8 Å². The Labute approximate surface area is 95.0 Å². The Morgan fingerprint density at radius 1 is 0.875 bits per heavy atom. The van der Waals surface area contributed by atoms with Gasteiger partial charge in [-0.25, -0.2) is 0 Å². The van der Waals surface area contributed by atoms with Gasteiger partial charge in [0.25, 0.3) is 0 Å². The molecule has 0 saturated carbocycles. The van der Waals surface area contributed by atoms with E-state index < -0.39 is 0 Å². The van der Waals surface area contributed by atoms with Crippen molar-refractivity contribution in [3.63, 3.8) is 0 Å². The Balaban J connectivity index is 2.27. The van der Waals surface area contributed by atoms with Gasteiger partial charge in [-0.2, -0.15) is 5.26 Å². The highest BCUT2D eigenvalue weighted by Gasteiger charge is 2.15. The summed E-state index contributed by atoms with van der Waals surface area (Å²) in [5.74, 6) is 0. The van der Waals surface area contributed by atoms with Crippen molar-refractivity contribution < 1.29 is 0 Å². The lowest BCUT2D eigenvalue weighted by Gasteiger charge is -2.19. The maximum atomic E-state index is 8.94. The second kappa shape index (κ2) is 3.50. The molecule has 1 aliphatic rings. The van der Waals surface area contributed by atoms with Gasteiger partial charge >= 0.3 is 0 Å². The fraction of sp³-hybridized carbons (Fsp3) is 0.133. The van der Waals surface area contributed by atoms with Crippen LogP contribution < -0.4 is 0 Å². The molecule has 0 saturated heterocycles. The summed E-state index contributed by atoms with van der Waals surface area (Å²) in [6, 6.07) is 16.7. The third-order valence-corrected chi connectivity index (χ3v) is 3.21. The van der Waals surface area contributed by atoms with Crippen LogP contribution in [0.5, 0.6) is 0 Å². The van der Waals surface area contributed by atoms with Crippen molar-refractivity contribution in [3.8, 4) is 17.2 Å². The summed E-state index contributed by atoms with van der Waals surface area (Å²) >= 11 is 0. The Morgan fingerprint density at radius 2 is 1.62 bits per heavy atom. The number of rotatable bonds is 0. The molecule has 0 spiro atoms. The Bertz CT molecular complexity index is 591. The van der Waals surface area contributed by atoms with Gasteiger partial charge < -0.3 is 0 Å². The molecule has 2 aromatic carbocycles. The Kier molecular flexibility index (Phi) is 2.01. The molecule has 1 heteroatoms. The largest absolute Gasteiger partial charge is 0.192 e. The molecule has 0 radical (unpaired) electrons. The first kappa shape index (κ1) is 9.18. The first-order chi connectivity index (χ1) is 7.88. The highest BCUT2D eigenvalue weighted by atomic mass is 14.2. The standard InChI is InChI=1S/C15H11N/c16-10-11-5-6-13-8-7-12-3-1-2-4-14(12)15(13)9-11/h1-6,9H,7-8H2. The third-order valence-electron chi connectivity index (χ3n) is 3.21. The zero-order valence-corrected chi connectivity index (χ0v) is 8.90. The summed E-state index contributed by atoms with van der Waals surface area (Å²) in [5.41, 5.74) is 6.03. The van der Waals surface area contributed by atoms with Crippen LogP contribution in [0.1, 0.15) is 16.7 Å². The highest BCUT2D eigenvalue weighted by molar-refractivity contribution is 5.74. The summed E-state index contributed by atoms with van der Waals surface area (Å²) in [5, 5.41) is 8.94. The van der Waals surface area contributed by atoms with Gasteiger partial charge in [0.1, 0.15) is 0 Å². The van der Waals surface area contributed by atoms with E-state index in [0.29, 0.717) is 0 Å². The number of aryl methyl sites for hydroxylation is 2. The van der Waals surface area contributed by atoms with Crippen molar-refractivity contribution >= 4 is 0 Å². The molecule has 76 valence electrons. The van der Waals surface area contributed by atoms with Gasteiger partial charge in [0.2, 0.25) is 0 Å². The molecule has 2 aromatic rings. The van der Waals surface area contributed by atoms with Gasteiger partial charge in [-0.15, -0.1) is 0 Å². The first-order valence-corrected chi connectivity index (χ1v) is 5.50. The topological polar surface area (TPSA) is 23.8 Å². The van der Waals surface area contributed by atoms with Crippen molar-refractivity contribution in [3.05, 3.63) is 59.2 Å². The van der Waals surface area contributed by atoms with E-state index >= 15 is 0 Å². The summed E-state index contributed by atoms with van der Waals surface area (Å²) in [7, 11) is 0. The maximum Gasteiger partial charge on any atom is 0.0991 e. The van der Waals surface area contributed by atoms with Gasteiger partial charge in [0.15, 0.2) is 0 Å². The molecule has 0 atom stereocenters. The van der Waals surface area contributed by atoms with Crippen molar-refractivity contribution in [2.24, 2.45) is 0 Å². The molecular formula is C15H11N. The number of benzene rings is 2. The number of hydrogen-bond acceptors (Lipinski definition) is 1. The summed E-state index contributed by atoms with van der Waals surface area (Å²) in [6.45, 7) is 0. The smallest absolute Gasteiger partial charge is 0.0991 e. The lowest BCUT2D eigenvalue weighted by molar-refractivity contribution is 0.941. The van der Waals surface area contributed by atoms with E-state index in [0.717, 1.165) is 18.4 Å². The predicted octanol–water partition coefficient (Wildman–Crippen LogP) is 3.32. The summed E-state index contributed by atoms with van der Waals surface area (Å²) in [6.07, 6.45) is 2.19. The van der Waals surface area contributed by atoms with Crippen LogP contribution in [0.25, 0.3) is 11.1 Å². The molecule has 0 bridgehead atoms. The van der Waals surface area contributed by atoms with E-state index in [2.05, 4.69) is 36.4 Å². The quantitative estimate of drug-likeness (QED) is 0.647. The van der Waals surface area contributed by atoms with Crippen molar-refractivity contribution in [2.75, 3.05) is 0 Å². The van der Waals surface area contributed by atoms with Gasteiger partial charge in [0.05, 0.1) is 11.6 Å². The van der Waals surface area contributed by atoms with Crippen LogP contribution in [-0.4, -0.2) is 0 Å². The second-order valence-electron chi connectivity index (χ2n) is 4.14. The SMILES string of the molecule is N#Cc1ccc2c(c1)-c1ccccc1CC2. The second-order valence-corrected chi connectivity index (χ2v) is 4.14. The molecule has 0 aromatic heterocycles. The van der Waals surface area contributed by atoms with E-state index in [9.17, 15) is 0 Å². The normalized spacial score (nSPS) is 12.4. The average Bonchev–Trinajstić information content (AvgIpc) is 2.38. The zero-order valence-electron chi connectivity index (χ0n) is 8.90. The monoisotopic (exact) mass is 205 g/mol. The zero-order chi connectivity index (χ0) is 11.0. The van der Waals surface area contributed by atoms with Crippen LogP contribution in [0.15, 0.2) is 42.5 Å². The maximum absolute atomic E-state index is 8.94. The fourth-order valence-electron chi connectivity index (χ4n) is 2.39. The molecule has 0 fully saturated rings. The molecule has 0 aliphatic heterocycles. The van der Waals surface area contributed by atoms with E-state index in [1.807, 2.05) is 12.1 Å². The molecule has 0 heterocycles. The third kappa shape index (κ3) is 1.31. The lowest BCUT2D eigenvalue weighted by Crippen LogP contribution is -2.03. The van der Waals surface area contributed by atoms with E-state index in [1.54, 1.807) is 0 Å². The minimum Gasteiger partial charge on any atom is -0.192 e. The average molecular weight is 205 g/mol. The Hall–Kier alpha value is -2.07. The molecule has 1 aliphatic carbocycles. The first-order valence-electron chi connectivity index (χ1n) is 5.50. The van der Waals surface area contributed by atoms with E-state index in [-0.39, 0.29) is 0 Å². The van der Waals surface area contributed by atoms with Crippen LogP contribution in [-0.2, 0) is 12.8 Å². The van der Waals surface area contributed by atoms with Crippen LogP contribution in [0, 0.1) is 11.3 Å². The van der Waals surface area contributed by atoms with Crippen molar-refractivity contribution in [1.29, 1.82) is 5.26 Å². The molecule has 1 nitrogen and oxygen atoms in total. The molecule has 0 unspecified atom stereocenters. The van der Waals surface area contributed by atoms with E-state index in [4.69, 9.17) is 5.26 Å². The molecule has 16 heavy (non-hydrogen) atoms. The van der Waals surface area contributed by atoms with Crippen LogP contribution in [0.4, 0.5) is 0 Å². The number of fused-ring (bicyclic) bond motifs is 3. The number of hydrogen-bond donors (Lipinski definition) is 0. The fourth-order valence-corrected chi connectivity index (χ4v) is 2.39. The summed E-state index contributed by atoms with van der Waals surface area (Å²) in [4.78, 5) is 0. The highest BCUT2D eigenvalue weighted by Crippen LogP contribution is 2.33. The van der Waals surface area contributed by atoms with E-state index in [1.165, 1.54) is 22.3 Å². The van der Waals surface area contributed by atoms with Gasteiger partial charge in [-0.1, -0.05) is 30.3 Å². The number of nitriles is 1. The minimum absolute atomic E-state index is 0.746. The predicted molar refractivity (Wildman–Crippen MR) is 64.0 cm³/mol. The minimum atomic E-state index is 0.746.